The van der Waals surface area contributed by atoms with Gasteiger partial charge in [0.1, 0.15) is 0 Å². The van der Waals surface area contributed by atoms with E-state index in [1.807, 2.05) is 27.8 Å². The van der Waals surface area contributed by atoms with Gasteiger partial charge in [0, 0.05) is 12.6 Å². The first kappa shape index (κ1) is 14.4. The predicted molar refractivity (Wildman–Crippen MR) is 59.8 cm³/mol. The van der Waals surface area contributed by atoms with Crippen LogP contribution in [0.15, 0.2) is 0 Å². The molecule has 0 aromatic heterocycles. The lowest BCUT2D eigenvalue weighted by atomic mass is 10.1. The SMILES string of the molecule is CC.COC(=O)CC1C(C)OCCN1C. The second-order valence-corrected chi connectivity index (χ2v) is 3.40. The Morgan fingerprint density at radius 1 is 1.53 bits per heavy atom. The molecule has 1 heterocycles. The summed E-state index contributed by atoms with van der Waals surface area (Å²) in [4.78, 5) is 13.2. The molecule has 90 valence electrons. The lowest BCUT2D eigenvalue weighted by Gasteiger charge is -2.36. The molecule has 0 spiro atoms. The van der Waals surface area contributed by atoms with Crippen LogP contribution in [-0.4, -0.2) is 50.3 Å². The van der Waals surface area contributed by atoms with E-state index >= 15 is 0 Å². The van der Waals surface area contributed by atoms with Crippen molar-refractivity contribution in [3.63, 3.8) is 0 Å². The maximum absolute atomic E-state index is 11.1. The number of esters is 1. The maximum atomic E-state index is 11.1. The fourth-order valence-corrected chi connectivity index (χ4v) is 1.59. The van der Waals surface area contributed by atoms with Gasteiger partial charge in [0.15, 0.2) is 0 Å². The number of hydrogen-bond donors (Lipinski definition) is 0. The molecule has 0 aliphatic carbocycles. The summed E-state index contributed by atoms with van der Waals surface area (Å²) >= 11 is 0. The minimum atomic E-state index is -0.172. The minimum Gasteiger partial charge on any atom is -0.469 e. The highest BCUT2D eigenvalue weighted by Crippen LogP contribution is 2.15. The number of ether oxygens (including phenoxy) is 2. The molecule has 4 heteroatoms. The Morgan fingerprint density at radius 3 is 2.60 bits per heavy atom. The molecule has 0 N–H and O–H groups in total. The Bertz CT molecular complexity index is 175. The molecule has 0 amide bonds. The van der Waals surface area contributed by atoms with Gasteiger partial charge in [-0.3, -0.25) is 9.69 Å². The molecule has 4 nitrogen and oxygen atoms in total. The van der Waals surface area contributed by atoms with Crippen LogP contribution < -0.4 is 0 Å². The molecule has 2 unspecified atom stereocenters. The Hall–Kier alpha value is -0.610. The van der Waals surface area contributed by atoms with Crippen LogP contribution in [-0.2, 0) is 14.3 Å². The smallest absolute Gasteiger partial charge is 0.307 e. The number of methoxy groups -OCH3 is 1. The van der Waals surface area contributed by atoms with Crippen LogP contribution in [0.5, 0.6) is 0 Å². The van der Waals surface area contributed by atoms with Crippen molar-refractivity contribution < 1.29 is 14.3 Å². The zero-order chi connectivity index (χ0) is 11.8. The van der Waals surface area contributed by atoms with Crippen molar-refractivity contribution in [2.24, 2.45) is 0 Å². The molecule has 1 aliphatic heterocycles. The van der Waals surface area contributed by atoms with E-state index in [2.05, 4.69) is 9.64 Å². The molecular weight excluding hydrogens is 194 g/mol. The highest BCUT2D eigenvalue weighted by molar-refractivity contribution is 5.70. The number of likely N-dealkylation sites (N-methyl/N-ethyl adjacent to an activating group) is 1. The topological polar surface area (TPSA) is 38.8 Å². The molecule has 0 bridgehead atoms. The summed E-state index contributed by atoms with van der Waals surface area (Å²) in [6, 6.07) is 0.154. The molecule has 0 aromatic carbocycles. The van der Waals surface area contributed by atoms with Gasteiger partial charge >= 0.3 is 5.97 Å². The molecule has 1 fully saturated rings. The Kier molecular flexibility index (Phi) is 7.34. The van der Waals surface area contributed by atoms with E-state index in [0.29, 0.717) is 6.42 Å². The number of nitrogens with zero attached hydrogens (tertiary/aromatic N) is 1. The average Bonchev–Trinajstić information content (AvgIpc) is 2.26. The highest BCUT2D eigenvalue weighted by atomic mass is 16.5. The van der Waals surface area contributed by atoms with E-state index in [4.69, 9.17) is 4.74 Å². The molecule has 2 atom stereocenters. The van der Waals surface area contributed by atoms with Gasteiger partial charge in [-0.1, -0.05) is 13.8 Å². The minimum absolute atomic E-state index is 0.109. The lowest BCUT2D eigenvalue weighted by Crippen LogP contribution is -2.49. The maximum Gasteiger partial charge on any atom is 0.307 e. The van der Waals surface area contributed by atoms with Crippen LogP contribution in [0.2, 0.25) is 0 Å². The monoisotopic (exact) mass is 217 g/mol. The Morgan fingerprint density at radius 2 is 2.13 bits per heavy atom. The second kappa shape index (κ2) is 7.65. The van der Waals surface area contributed by atoms with Crippen molar-refractivity contribution in [1.82, 2.24) is 4.90 Å². The molecular formula is C11H23NO3. The molecule has 0 radical (unpaired) electrons. The Labute approximate surface area is 92.5 Å². The van der Waals surface area contributed by atoms with E-state index in [9.17, 15) is 4.79 Å². The standard InChI is InChI=1S/C9H17NO3.C2H6/c1-7-8(6-9(11)12-3)10(2)4-5-13-7;1-2/h7-8H,4-6H2,1-3H3;1-2H3. The fraction of sp³-hybridized carbons (Fsp3) is 0.909. The Balaban J connectivity index is 0.000000921. The summed E-state index contributed by atoms with van der Waals surface area (Å²) < 4.78 is 10.1. The number of carbonyl (C=O) groups excluding carboxylic acids is 1. The normalized spacial score (nSPS) is 26.5. The van der Waals surface area contributed by atoms with E-state index in [-0.39, 0.29) is 18.1 Å². The molecule has 1 aliphatic rings. The summed E-state index contributed by atoms with van der Waals surface area (Å²) in [6.07, 6.45) is 0.520. The van der Waals surface area contributed by atoms with Gasteiger partial charge in [-0.2, -0.15) is 0 Å². The van der Waals surface area contributed by atoms with Crippen molar-refractivity contribution in [2.75, 3.05) is 27.3 Å². The van der Waals surface area contributed by atoms with Crippen molar-refractivity contribution in [1.29, 1.82) is 0 Å². The first-order valence-corrected chi connectivity index (χ1v) is 5.53. The van der Waals surface area contributed by atoms with Crippen LogP contribution in [0.25, 0.3) is 0 Å². The van der Waals surface area contributed by atoms with Gasteiger partial charge in [-0.05, 0) is 14.0 Å². The van der Waals surface area contributed by atoms with Crippen LogP contribution in [0, 0.1) is 0 Å². The second-order valence-electron chi connectivity index (χ2n) is 3.40. The molecule has 15 heavy (non-hydrogen) atoms. The summed E-state index contributed by atoms with van der Waals surface area (Å²) in [5.74, 6) is -0.172. The van der Waals surface area contributed by atoms with Crippen LogP contribution in [0.4, 0.5) is 0 Å². The van der Waals surface area contributed by atoms with Crippen molar-refractivity contribution in [3.8, 4) is 0 Å². The number of hydrogen-bond acceptors (Lipinski definition) is 4. The average molecular weight is 217 g/mol. The third-order valence-corrected chi connectivity index (χ3v) is 2.54. The van der Waals surface area contributed by atoms with E-state index in [1.165, 1.54) is 7.11 Å². The molecule has 0 aromatic rings. The lowest BCUT2D eigenvalue weighted by molar-refractivity contribution is -0.145. The quantitative estimate of drug-likeness (QED) is 0.653. The van der Waals surface area contributed by atoms with Crippen molar-refractivity contribution in [2.45, 2.75) is 39.3 Å². The largest absolute Gasteiger partial charge is 0.469 e. The third-order valence-electron chi connectivity index (χ3n) is 2.54. The van der Waals surface area contributed by atoms with E-state index in [0.717, 1.165) is 13.2 Å². The first-order valence-electron chi connectivity index (χ1n) is 5.53. The van der Waals surface area contributed by atoms with Crippen LogP contribution in [0.3, 0.4) is 0 Å². The fourth-order valence-electron chi connectivity index (χ4n) is 1.59. The number of rotatable bonds is 2. The number of carbonyl (C=O) groups is 1. The third kappa shape index (κ3) is 4.62. The highest BCUT2D eigenvalue weighted by Gasteiger charge is 2.28. The number of morpholine rings is 1. The van der Waals surface area contributed by atoms with Crippen molar-refractivity contribution in [3.05, 3.63) is 0 Å². The summed E-state index contributed by atoms with van der Waals surface area (Å²) in [5.41, 5.74) is 0. The van der Waals surface area contributed by atoms with Gasteiger partial charge in [0.2, 0.25) is 0 Å². The predicted octanol–water partition coefficient (Wildman–Crippen LogP) is 1.29. The summed E-state index contributed by atoms with van der Waals surface area (Å²) in [6.45, 7) is 7.62. The summed E-state index contributed by atoms with van der Waals surface area (Å²) in [7, 11) is 3.42. The van der Waals surface area contributed by atoms with Gasteiger partial charge < -0.3 is 9.47 Å². The van der Waals surface area contributed by atoms with Gasteiger partial charge in [-0.25, -0.2) is 0 Å². The zero-order valence-electron chi connectivity index (χ0n) is 10.4. The van der Waals surface area contributed by atoms with Crippen LogP contribution >= 0.6 is 0 Å². The zero-order valence-corrected chi connectivity index (χ0v) is 10.4. The molecule has 1 rings (SSSR count). The van der Waals surface area contributed by atoms with Crippen molar-refractivity contribution >= 4 is 5.97 Å². The van der Waals surface area contributed by atoms with Gasteiger partial charge in [0.05, 0.1) is 26.2 Å². The molecule has 1 saturated heterocycles. The molecule has 0 saturated carbocycles. The van der Waals surface area contributed by atoms with Crippen LogP contribution in [0.1, 0.15) is 27.2 Å². The first-order chi connectivity index (χ1) is 7.15. The summed E-state index contributed by atoms with van der Waals surface area (Å²) in [5, 5.41) is 0. The van der Waals surface area contributed by atoms with E-state index < -0.39 is 0 Å². The van der Waals surface area contributed by atoms with Gasteiger partial charge in [-0.15, -0.1) is 0 Å². The van der Waals surface area contributed by atoms with Gasteiger partial charge in [0.25, 0.3) is 0 Å². The van der Waals surface area contributed by atoms with E-state index in [1.54, 1.807) is 0 Å².